The molecular formula is C21H38IN5O2S. The number of sulfonamides is 1. The predicted octanol–water partition coefficient (Wildman–Crippen LogP) is 2.75. The molecule has 30 heavy (non-hydrogen) atoms. The highest BCUT2D eigenvalue weighted by atomic mass is 127. The molecule has 2 rings (SSSR count). The molecule has 1 heterocycles. The van der Waals surface area contributed by atoms with E-state index < -0.39 is 10.0 Å². The highest BCUT2D eigenvalue weighted by Gasteiger charge is 2.24. The van der Waals surface area contributed by atoms with Crippen LogP contribution >= 0.6 is 24.0 Å². The van der Waals surface area contributed by atoms with E-state index in [9.17, 15) is 8.42 Å². The van der Waals surface area contributed by atoms with Gasteiger partial charge >= 0.3 is 0 Å². The molecule has 0 unspecified atom stereocenters. The quantitative estimate of drug-likeness (QED) is 0.203. The van der Waals surface area contributed by atoms with Crippen LogP contribution in [0.2, 0.25) is 0 Å². The van der Waals surface area contributed by atoms with Crippen molar-refractivity contribution in [3.05, 3.63) is 30.3 Å². The summed E-state index contributed by atoms with van der Waals surface area (Å²) in [5, 5.41) is 6.74. The minimum Gasteiger partial charge on any atom is -0.372 e. The van der Waals surface area contributed by atoms with Gasteiger partial charge in [0.1, 0.15) is 0 Å². The van der Waals surface area contributed by atoms with Crippen molar-refractivity contribution in [3.8, 4) is 0 Å². The van der Waals surface area contributed by atoms with E-state index in [1.165, 1.54) is 11.9 Å². The van der Waals surface area contributed by atoms with E-state index in [4.69, 9.17) is 4.99 Å². The standard InChI is InChI=1S/C21H37N5O2S.HI/c1-4-22-21(24-18-19-12-16-26(17-13-19)29(3,27)28)23-14-9-15-25(5-2)20-10-7-6-8-11-20;/h6-8,10-11,19H,4-5,9,12-18H2,1-3H3,(H2,22,23,24);1H. The number of halogens is 1. The van der Waals surface area contributed by atoms with Gasteiger partial charge in [0.2, 0.25) is 10.0 Å². The lowest BCUT2D eigenvalue weighted by Crippen LogP contribution is -2.40. The maximum absolute atomic E-state index is 11.6. The first kappa shape index (κ1) is 27.0. The van der Waals surface area contributed by atoms with Gasteiger partial charge in [-0.05, 0) is 51.2 Å². The van der Waals surface area contributed by atoms with Crippen LogP contribution in [0.4, 0.5) is 5.69 Å². The Bertz CT molecular complexity index is 722. The largest absolute Gasteiger partial charge is 0.372 e. The highest BCUT2D eigenvalue weighted by molar-refractivity contribution is 14.0. The van der Waals surface area contributed by atoms with Gasteiger partial charge in [0.15, 0.2) is 5.96 Å². The van der Waals surface area contributed by atoms with Crippen LogP contribution in [0, 0.1) is 5.92 Å². The summed E-state index contributed by atoms with van der Waals surface area (Å²) >= 11 is 0. The number of hydrogen-bond acceptors (Lipinski definition) is 4. The number of aliphatic imine (C=N–C) groups is 1. The SMILES string of the molecule is CCNC(=NCC1CCN(S(C)(=O)=O)CC1)NCCCN(CC)c1ccccc1.I. The van der Waals surface area contributed by atoms with Crippen LogP contribution in [0.3, 0.4) is 0 Å². The van der Waals surface area contributed by atoms with Crippen LogP contribution in [0.1, 0.15) is 33.1 Å². The van der Waals surface area contributed by atoms with E-state index in [2.05, 4.69) is 53.6 Å². The Kier molecular flexibility index (Phi) is 12.7. The number of benzene rings is 1. The molecule has 1 aliphatic rings. The molecule has 1 fully saturated rings. The molecule has 2 N–H and O–H groups in total. The number of nitrogens with one attached hydrogen (secondary N) is 2. The monoisotopic (exact) mass is 551 g/mol. The lowest BCUT2D eigenvalue weighted by Gasteiger charge is -2.29. The molecule has 0 aromatic heterocycles. The zero-order chi connectivity index (χ0) is 21.1. The third kappa shape index (κ3) is 9.38. The number of nitrogens with zero attached hydrogens (tertiary/aromatic N) is 3. The zero-order valence-corrected chi connectivity index (χ0v) is 21.7. The van der Waals surface area contributed by atoms with Gasteiger partial charge in [-0.2, -0.15) is 0 Å². The van der Waals surface area contributed by atoms with Gasteiger partial charge in [-0.1, -0.05) is 18.2 Å². The van der Waals surface area contributed by atoms with E-state index in [-0.39, 0.29) is 24.0 Å². The molecule has 1 aromatic rings. The van der Waals surface area contributed by atoms with Gasteiger partial charge in [-0.15, -0.1) is 24.0 Å². The molecule has 0 amide bonds. The molecule has 1 saturated heterocycles. The van der Waals surface area contributed by atoms with Crippen molar-refractivity contribution in [3.63, 3.8) is 0 Å². The second kappa shape index (κ2) is 14.1. The Morgan fingerprint density at radius 1 is 1.17 bits per heavy atom. The second-order valence-electron chi connectivity index (χ2n) is 7.52. The van der Waals surface area contributed by atoms with Crippen molar-refractivity contribution >= 4 is 45.6 Å². The Balaban J connectivity index is 0.00000450. The number of rotatable bonds is 10. The van der Waals surface area contributed by atoms with Crippen LogP contribution in [0.25, 0.3) is 0 Å². The van der Waals surface area contributed by atoms with E-state index in [1.54, 1.807) is 4.31 Å². The molecule has 0 saturated carbocycles. The Morgan fingerprint density at radius 2 is 1.83 bits per heavy atom. The molecule has 1 aliphatic heterocycles. The average Bonchev–Trinajstić information content (AvgIpc) is 2.72. The average molecular weight is 552 g/mol. The first-order chi connectivity index (χ1) is 13.9. The number of guanidine groups is 1. The summed E-state index contributed by atoms with van der Waals surface area (Å²) in [6, 6.07) is 10.5. The molecule has 9 heteroatoms. The zero-order valence-electron chi connectivity index (χ0n) is 18.5. The molecular weight excluding hydrogens is 513 g/mol. The molecule has 7 nitrogen and oxygen atoms in total. The van der Waals surface area contributed by atoms with Crippen molar-refractivity contribution in [2.24, 2.45) is 10.9 Å². The summed E-state index contributed by atoms with van der Waals surface area (Å²) in [6.45, 7) is 9.87. The van der Waals surface area contributed by atoms with Crippen LogP contribution in [-0.2, 0) is 10.0 Å². The third-order valence-electron chi connectivity index (χ3n) is 5.29. The van der Waals surface area contributed by atoms with Crippen LogP contribution in [-0.4, -0.2) is 70.8 Å². The summed E-state index contributed by atoms with van der Waals surface area (Å²) in [4.78, 5) is 7.11. The van der Waals surface area contributed by atoms with Crippen molar-refractivity contribution in [2.45, 2.75) is 33.1 Å². The molecule has 0 radical (unpaired) electrons. The van der Waals surface area contributed by atoms with E-state index >= 15 is 0 Å². The first-order valence-electron chi connectivity index (χ1n) is 10.7. The van der Waals surface area contributed by atoms with Gasteiger partial charge in [0.05, 0.1) is 6.26 Å². The Morgan fingerprint density at radius 3 is 2.40 bits per heavy atom. The van der Waals surface area contributed by atoms with Crippen molar-refractivity contribution < 1.29 is 8.42 Å². The summed E-state index contributed by atoms with van der Waals surface area (Å²) in [6.07, 6.45) is 4.06. The fourth-order valence-electron chi connectivity index (χ4n) is 3.57. The molecule has 0 spiro atoms. The van der Waals surface area contributed by atoms with Crippen molar-refractivity contribution in [1.29, 1.82) is 0 Å². The summed E-state index contributed by atoms with van der Waals surface area (Å²) in [5.41, 5.74) is 1.26. The molecule has 0 bridgehead atoms. The van der Waals surface area contributed by atoms with Gasteiger partial charge in [-0.25, -0.2) is 12.7 Å². The lowest BCUT2D eigenvalue weighted by atomic mass is 9.98. The topological polar surface area (TPSA) is 77.0 Å². The molecule has 0 atom stereocenters. The van der Waals surface area contributed by atoms with E-state index in [1.807, 2.05) is 6.07 Å². The van der Waals surface area contributed by atoms with Gasteiger partial charge < -0.3 is 15.5 Å². The Labute approximate surface area is 199 Å². The third-order valence-corrected chi connectivity index (χ3v) is 6.60. The smallest absolute Gasteiger partial charge is 0.211 e. The van der Waals surface area contributed by atoms with E-state index in [0.29, 0.717) is 19.0 Å². The van der Waals surface area contributed by atoms with Crippen molar-refractivity contribution in [1.82, 2.24) is 14.9 Å². The maximum atomic E-state index is 11.6. The highest BCUT2D eigenvalue weighted by Crippen LogP contribution is 2.19. The van der Waals surface area contributed by atoms with E-state index in [0.717, 1.165) is 57.9 Å². The summed E-state index contributed by atoms with van der Waals surface area (Å²) in [5.74, 6) is 1.29. The van der Waals surface area contributed by atoms with Gasteiger partial charge in [0.25, 0.3) is 0 Å². The number of anilines is 1. The molecule has 1 aromatic carbocycles. The number of hydrogen-bond donors (Lipinski definition) is 2. The summed E-state index contributed by atoms with van der Waals surface area (Å²) in [7, 11) is -3.06. The minimum absolute atomic E-state index is 0. The van der Waals surface area contributed by atoms with Crippen molar-refractivity contribution in [2.75, 3.05) is 57.0 Å². The van der Waals surface area contributed by atoms with Crippen LogP contribution < -0.4 is 15.5 Å². The van der Waals surface area contributed by atoms with Crippen LogP contribution in [0.5, 0.6) is 0 Å². The number of piperidine rings is 1. The predicted molar refractivity (Wildman–Crippen MR) is 137 cm³/mol. The normalized spacial score (nSPS) is 16.0. The van der Waals surface area contributed by atoms with Crippen LogP contribution in [0.15, 0.2) is 35.3 Å². The molecule has 172 valence electrons. The lowest BCUT2D eigenvalue weighted by molar-refractivity contribution is 0.280. The second-order valence-corrected chi connectivity index (χ2v) is 9.50. The van der Waals surface area contributed by atoms with Gasteiger partial charge in [0, 0.05) is 51.5 Å². The number of para-hydroxylation sites is 1. The minimum atomic E-state index is -3.06. The maximum Gasteiger partial charge on any atom is 0.211 e. The Hall–Kier alpha value is -1.07. The summed E-state index contributed by atoms with van der Waals surface area (Å²) < 4.78 is 24.8. The first-order valence-corrected chi connectivity index (χ1v) is 12.6. The molecule has 0 aliphatic carbocycles. The fourth-order valence-corrected chi connectivity index (χ4v) is 4.45. The fraction of sp³-hybridized carbons (Fsp3) is 0.667. The van der Waals surface area contributed by atoms with Gasteiger partial charge in [-0.3, -0.25) is 4.99 Å².